The Bertz CT molecular complexity index is 1000. The van der Waals surface area contributed by atoms with Gasteiger partial charge in [-0.2, -0.15) is 0 Å². The normalized spacial score (nSPS) is 11.4. The van der Waals surface area contributed by atoms with Crippen molar-refractivity contribution >= 4 is 33.4 Å². The molecule has 3 aromatic rings. The van der Waals surface area contributed by atoms with Crippen LogP contribution in [-0.2, 0) is 30.8 Å². The van der Waals surface area contributed by atoms with Crippen LogP contribution in [0, 0.1) is 0 Å². The van der Waals surface area contributed by atoms with Crippen molar-refractivity contribution in [3.8, 4) is 0 Å². The highest BCUT2D eigenvalue weighted by molar-refractivity contribution is 7.70. The molecule has 0 radical (unpaired) electrons. The topological polar surface area (TPSA) is 80.1 Å². The zero-order valence-electron chi connectivity index (χ0n) is 15.8. The lowest BCUT2D eigenvalue weighted by atomic mass is 10.0. The fourth-order valence-corrected chi connectivity index (χ4v) is 3.54. The number of fused-ring (bicyclic) bond motifs is 1. The number of pyridine rings is 1. The number of rotatable bonds is 8. The number of nitrogens with zero attached hydrogens (tertiary/aromatic N) is 4. The van der Waals surface area contributed by atoms with E-state index in [1.807, 2.05) is 24.7 Å². The van der Waals surface area contributed by atoms with Gasteiger partial charge in [0.05, 0.1) is 18.0 Å². The smallest absolute Gasteiger partial charge is 0.201 e. The molecule has 0 aliphatic heterocycles. The summed E-state index contributed by atoms with van der Waals surface area (Å²) in [4.78, 5) is 11.0. The largest absolute Gasteiger partial charge is 0.334 e. The predicted octanol–water partition coefficient (Wildman–Crippen LogP) is 2.35. The van der Waals surface area contributed by atoms with Gasteiger partial charge < -0.3 is 9.47 Å². The van der Waals surface area contributed by atoms with Gasteiger partial charge in [0.2, 0.25) is 10.9 Å². The van der Waals surface area contributed by atoms with Gasteiger partial charge in [-0.3, -0.25) is 0 Å². The van der Waals surface area contributed by atoms with Crippen LogP contribution in [0.3, 0.4) is 0 Å². The van der Waals surface area contributed by atoms with Gasteiger partial charge in [0.1, 0.15) is 11.3 Å². The Morgan fingerprint density at radius 3 is 2.78 bits per heavy atom. The van der Waals surface area contributed by atoms with E-state index in [1.165, 1.54) is 11.1 Å². The van der Waals surface area contributed by atoms with Crippen molar-refractivity contribution in [3.63, 3.8) is 0 Å². The molecule has 1 N–H and O–H groups in total. The van der Waals surface area contributed by atoms with Crippen LogP contribution in [0.5, 0.6) is 0 Å². The summed E-state index contributed by atoms with van der Waals surface area (Å²) < 4.78 is 25.6. The second-order valence-corrected chi connectivity index (χ2v) is 7.36. The molecule has 0 unspecified atom stereocenters. The van der Waals surface area contributed by atoms with Crippen molar-refractivity contribution in [1.29, 1.82) is 0 Å². The van der Waals surface area contributed by atoms with E-state index in [1.54, 1.807) is 12.5 Å². The number of imidazole rings is 1. The fourth-order valence-electron chi connectivity index (χ4n) is 3.19. The molecule has 0 aliphatic rings. The molecule has 0 atom stereocenters. The van der Waals surface area contributed by atoms with Crippen LogP contribution in [0.15, 0.2) is 36.8 Å². The first-order valence-corrected chi connectivity index (χ1v) is 10.2. The molecule has 2 heterocycles. The van der Waals surface area contributed by atoms with E-state index in [9.17, 15) is 8.42 Å². The maximum absolute atomic E-state index is 10.6. The Morgan fingerprint density at radius 2 is 2.04 bits per heavy atom. The zero-order valence-corrected chi connectivity index (χ0v) is 16.7. The first-order valence-electron chi connectivity index (χ1n) is 9.00. The first kappa shape index (κ1) is 19.3. The lowest BCUT2D eigenvalue weighted by Gasteiger charge is -2.22. The number of aryl methyl sites for hydroxylation is 3. The third kappa shape index (κ3) is 4.45. The Hall–Kier alpha value is -2.45. The van der Waals surface area contributed by atoms with Gasteiger partial charge in [-0.1, -0.05) is 19.1 Å². The van der Waals surface area contributed by atoms with Gasteiger partial charge in [-0.05, 0) is 36.5 Å². The van der Waals surface area contributed by atoms with Crippen molar-refractivity contribution in [1.82, 2.24) is 19.3 Å². The van der Waals surface area contributed by atoms with Crippen LogP contribution in [0.4, 0.5) is 11.5 Å². The average Bonchev–Trinajstić information content (AvgIpc) is 3.04. The van der Waals surface area contributed by atoms with Crippen molar-refractivity contribution < 1.29 is 8.42 Å². The molecular weight excluding hydrogens is 362 g/mol. The Balaban J connectivity index is 1.80. The SMILES string of the molecule is CCc1cc(CCCN[SH](=O)=O)ccc1N(C)c1cc2c(cn1)ncn2C. The van der Waals surface area contributed by atoms with Gasteiger partial charge in [0, 0.05) is 32.4 Å². The summed E-state index contributed by atoms with van der Waals surface area (Å²) in [6.45, 7) is 2.61. The molecule has 8 heteroatoms. The molecule has 3 rings (SSSR count). The summed E-state index contributed by atoms with van der Waals surface area (Å²) in [5, 5.41) is 0. The van der Waals surface area contributed by atoms with E-state index in [-0.39, 0.29) is 0 Å². The minimum absolute atomic E-state index is 0.469. The monoisotopic (exact) mass is 387 g/mol. The molecule has 0 spiro atoms. The lowest BCUT2D eigenvalue weighted by molar-refractivity contribution is 0.599. The third-order valence-electron chi connectivity index (χ3n) is 4.71. The van der Waals surface area contributed by atoms with Gasteiger partial charge in [0.25, 0.3) is 0 Å². The number of benzene rings is 1. The quantitative estimate of drug-likeness (QED) is 0.458. The van der Waals surface area contributed by atoms with Crippen LogP contribution in [0.1, 0.15) is 24.5 Å². The van der Waals surface area contributed by atoms with E-state index in [4.69, 9.17) is 0 Å². The molecule has 0 aliphatic carbocycles. The fraction of sp³-hybridized carbons (Fsp3) is 0.368. The molecular formula is C19H25N5O2S. The van der Waals surface area contributed by atoms with Crippen molar-refractivity contribution in [2.75, 3.05) is 18.5 Å². The molecule has 0 bridgehead atoms. The lowest BCUT2D eigenvalue weighted by Crippen LogP contribution is -2.14. The molecule has 0 saturated heterocycles. The molecule has 0 amide bonds. The summed E-state index contributed by atoms with van der Waals surface area (Å²) in [6.07, 6.45) is 6.12. The number of thiol groups is 1. The summed E-state index contributed by atoms with van der Waals surface area (Å²) in [5.74, 6) is 0.872. The highest BCUT2D eigenvalue weighted by atomic mass is 32.2. The summed E-state index contributed by atoms with van der Waals surface area (Å²) in [7, 11) is 1.49. The molecule has 2 aromatic heterocycles. The Labute approximate surface area is 161 Å². The molecule has 0 saturated carbocycles. The second-order valence-electron chi connectivity index (χ2n) is 6.53. The number of aromatic nitrogens is 3. The summed E-state index contributed by atoms with van der Waals surface area (Å²) in [6, 6.07) is 8.46. The minimum atomic E-state index is -2.51. The molecule has 0 fully saturated rings. The predicted molar refractivity (Wildman–Crippen MR) is 109 cm³/mol. The highest BCUT2D eigenvalue weighted by Gasteiger charge is 2.12. The number of hydrogen-bond acceptors (Lipinski definition) is 5. The number of anilines is 2. The maximum Gasteiger partial charge on any atom is 0.201 e. The van der Waals surface area contributed by atoms with Crippen molar-refractivity contribution in [2.24, 2.45) is 7.05 Å². The summed E-state index contributed by atoms with van der Waals surface area (Å²) in [5.41, 5.74) is 5.50. The van der Waals surface area contributed by atoms with Gasteiger partial charge in [-0.15, -0.1) is 0 Å². The van der Waals surface area contributed by atoms with Gasteiger partial charge in [0.15, 0.2) is 0 Å². The van der Waals surface area contributed by atoms with Crippen LogP contribution in [0.2, 0.25) is 0 Å². The van der Waals surface area contributed by atoms with E-state index < -0.39 is 10.9 Å². The Morgan fingerprint density at radius 1 is 1.22 bits per heavy atom. The maximum atomic E-state index is 10.6. The minimum Gasteiger partial charge on any atom is -0.334 e. The van der Waals surface area contributed by atoms with Crippen LogP contribution < -0.4 is 9.62 Å². The average molecular weight is 388 g/mol. The van der Waals surface area contributed by atoms with Crippen LogP contribution in [-0.4, -0.2) is 36.5 Å². The van der Waals surface area contributed by atoms with Crippen molar-refractivity contribution in [3.05, 3.63) is 47.9 Å². The van der Waals surface area contributed by atoms with E-state index in [0.717, 1.165) is 41.8 Å². The van der Waals surface area contributed by atoms with E-state index in [2.05, 4.69) is 44.7 Å². The van der Waals surface area contributed by atoms with E-state index >= 15 is 0 Å². The zero-order chi connectivity index (χ0) is 19.4. The summed E-state index contributed by atoms with van der Waals surface area (Å²) >= 11 is 0. The third-order valence-corrected chi connectivity index (χ3v) is 5.19. The molecule has 27 heavy (non-hydrogen) atoms. The number of hydrogen-bond donors (Lipinski definition) is 2. The molecule has 1 aromatic carbocycles. The van der Waals surface area contributed by atoms with Gasteiger partial charge in [-0.25, -0.2) is 23.1 Å². The number of nitrogens with one attached hydrogen (secondary N) is 1. The molecule has 144 valence electrons. The Kier molecular flexibility index (Phi) is 6.08. The standard InChI is InChI=1S/C19H25N5O2S/c1-4-15-10-14(6-5-9-22-27(25)26)7-8-17(15)24(3)19-11-18-16(12-20-19)21-13-23(18)2/h7-8,10-13,27H,4-6,9H2,1-3H3,(H,22,25,26). The van der Waals surface area contributed by atoms with E-state index in [0.29, 0.717) is 6.54 Å². The van der Waals surface area contributed by atoms with Crippen molar-refractivity contribution in [2.45, 2.75) is 26.2 Å². The highest BCUT2D eigenvalue weighted by Crippen LogP contribution is 2.29. The van der Waals surface area contributed by atoms with Crippen LogP contribution >= 0.6 is 0 Å². The molecule has 7 nitrogen and oxygen atoms in total. The van der Waals surface area contributed by atoms with Crippen LogP contribution in [0.25, 0.3) is 11.0 Å². The second kappa shape index (κ2) is 8.49. The van der Waals surface area contributed by atoms with Gasteiger partial charge >= 0.3 is 0 Å². The first-order chi connectivity index (χ1) is 13.0.